The highest BCUT2D eigenvalue weighted by Gasteiger charge is 2.01. The van der Waals surface area contributed by atoms with Gasteiger partial charge in [-0.05, 0) is 42.8 Å². The molecule has 106 valence electrons. The molecule has 4 heteroatoms. The molecular formula is C17H16N2O2. The normalized spacial score (nSPS) is 10.5. The van der Waals surface area contributed by atoms with E-state index in [4.69, 9.17) is 5.73 Å². The van der Waals surface area contributed by atoms with Crippen LogP contribution in [0.2, 0.25) is 0 Å². The molecule has 0 fully saturated rings. The van der Waals surface area contributed by atoms with Gasteiger partial charge in [-0.15, -0.1) is 0 Å². The number of benzene rings is 2. The Morgan fingerprint density at radius 2 is 1.81 bits per heavy atom. The second kappa shape index (κ2) is 6.52. The minimum Gasteiger partial charge on any atom is -0.366 e. The summed E-state index contributed by atoms with van der Waals surface area (Å²) in [4.78, 5) is 22.7. The fourth-order valence-corrected chi connectivity index (χ4v) is 1.85. The van der Waals surface area contributed by atoms with E-state index in [-0.39, 0.29) is 5.91 Å². The second-order valence-electron chi connectivity index (χ2n) is 4.68. The van der Waals surface area contributed by atoms with Gasteiger partial charge in [-0.25, -0.2) is 0 Å². The molecule has 0 aromatic heterocycles. The van der Waals surface area contributed by atoms with Crippen LogP contribution in [0.5, 0.6) is 0 Å². The van der Waals surface area contributed by atoms with E-state index in [1.165, 1.54) is 6.08 Å². The molecule has 0 saturated carbocycles. The number of primary amides is 1. The fraction of sp³-hybridized carbons (Fsp3) is 0.0588. The smallest absolute Gasteiger partial charge is 0.248 e. The van der Waals surface area contributed by atoms with Crippen LogP contribution < -0.4 is 11.1 Å². The largest absolute Gasteiger partial charge is 0.366 e. The van der Waals surface area contributed by atoms with Gasteiger partial charge < -0.3 is 11.1 Å². The molecule has 0 atom stereocenters. The number of hydrogen-bond donors (Lipinski definition) is 2. The number of nitrogens with two attached hydrogens (primary N) is 1. The molecule has 0 aliphatic carbocycles. The standard InChI is InChI=1S/C17H16N2O2/c1-12-3-2-4-13(11-12)5-10-16(20)19-15-8-6-14(7-9-15)17(18)21/h2-11H,1H3,(H2,18,21)(H,19,20)/b10-5+. The average Bonchev–Trinajstić information content (AvgIpc) is 2.46. The molecule has 0 radical (unpaired) electrons. The van der Waals surface area contributed by atoms with Crippen molar-refractivity contribution in [2.45, 2.75) is 6.92 Å². The van der Waals surface area contributed by atoms with Crippen molar-refractivity contribution in [3.8, 4) is 0 Å². The van der Waals surface area contributed by atoms with E-state index in [9.17, 15) is 9.59 Å². The molecule has 4 nitrogen and oxygen atoms in total. The zero-order chi connectivity index (χ0) is 15.2. The van der Waals surface area contributed by atoms with Gasteiger partial charge in [0.1, 0.15) is 0 Å². The monoisotopic (exact) mass is 280 g/mol. The van der Waals surface area contributed by atoms with E-state index >= 15 is 0 Å². The summed E-state index contributed by atoms with van der Waals surface area (Å²) in [5.74, 6) is -0.726. The Bertz CT molecular complexity index is 688. The van der Waals surface area contributed by atoms with Crippen molar-refractivity contribution in [3.05, 3.63) is 71.3 Å². The molecule has 0 aliphatic heterocycles. The third-order valence-corrected chi connectivity index (χ3v) is 2.91. The number of rotatable bonds is 4. The van der Waals surface area contributed by atoms with E-state index < -0.39 is 5.91 Å². The Balaban J connectivity index is 1.99. The van der Waals surface area contributed by atoms with Crippen LogP contribution in [0.1, 0.15) is 21.5 Å². The van der Waals surface area contributed by atoms with Gasteiger partial charge in [-0.3, -0.25) is 9.59 Å². The summed E-state index contributed by atoms with van der Waals surface area (Å²) in [5.41, 5.74) is 8.27. The molecule has 0 spiro atoms. The minimum atomic E-state index is -0.493. The topological polar surface area (TPSA) is 72.2 Å². The molecule has 2 aromatic carbocycles. The van der Waals surface area contributed by atoms with Crippen LogP contribution in [0.4, 0.5) is 5.69 Å². The summed E-state index contributed by atoms with van der Waals surface area (Å²) in [6, 6.07) is 14.3. The van der Waals surface area contributed by atoms with Crippen molar-refractivity contribution in [1.82, 2.24) is 0 Å². The van der Waals surface area contributed by atoms with Crippen LogP contribution in [0, 0.1) is 6.92 Å². The number of carbonyl (C=O) groups is 2. The highest BCUT2D eigenvalue weighted by molar-refractivity contribution is 6.02. The summed E-state index contributed by atoms with van der Waals surface area (Å²) < 4.78 is 0. The van der Waals surface area contributed by atoms with Gasteiger partial charge in [0.25, 0.3) is 0 Å². The predicted molar refractivity (Wildman–Crippen MR) is 83.8 cm³/mol. The van der Waals surface area contributed by atoms with E-state index in [1.54, 1.807) is 30.3 Å². The molecular weight excluding hydrogens is 264 g/mol. The zero-order valence-corrected chi connectivity index (χ0v) is 11.7. The molecule has 0 bridgehead atoms. The molecule has 2 aromatic rings. The van der Waals surface area contributed by atoms with E-state index in [0.29, 0.717) is 11.3 Å². The number of nitrogens with one attached hydrogen (secondary N) is 1. The summed E-state index contributed by atoms with van der Waals surface area (Å²) in [6.45, 7) is 2.00. The Morgan fingerprint density at radius 1 is 1.10 bits per heavy atom. The lowest BCUT2D eigenvalue weighted by Crippen LogP contribution is -2.11. The number of carbonyl (C=O) groups excluding carboxylic acids is 2. The van der Waals surface area contributed by atoms with Crippen LogP contribution in [-0.4, -0.2) is 11.8 Å². The summed E-state index contributed by atoms with van der Waals surface area (Å²) in [5, 5.41) is 2.72. The highest BCUT2D eigenvalue weighted by atomic mass is 16.1. The van der Waals surface area contributed by atoms with Gasteiger partial charge in [-0.1, -0.05) is 29.8 Å². The van der Waals surface area contributed by atoms with Gasteiger partial charge in [0.15, 0.2) is 0 Å². The maximum absolute atomic E-state index is 11.8. The summed E-state index contributed by atoms with van der Waals surface area (Å²) in [7, 11) is 0. The lowest BCUT2D eigenvalue weighted by atomic mass is 10.1. The van der Waals surface area contributed by atoms with Gasteiger partial charge in [0, 0.05) is 17.3 Å². The maximum Gasteiger partial charge on any atom is 0.248 e. The Hall–Kier alpha value is -2.88. The molecule has 2 rings (SSSR count). The third kappa shape index (κ3) is 4.31. The highest BCUT2D eigenvalue weighted by Crippen LogP contribution is 2.10. The van der Waals surface area contributed by atoms with Crippen molar-refractivity contribution < 1.29 is 9.59 Å². The van der Waals surface area contributed by atoms with Crippen molar-refractivity contribution in [3.63, 3.8) is 0 Å². The first-order valence-corrected chi connectivity index (χ1v) is 6.50. The van der Waals surface area contributed by atoms with Gasteiger partial charge in [0.05, 0.1) is 0 Å². The van der Waals surface area contributed by atoms with Crippen LogP contribution in [0.3, 0.4) is 0 Å². The lowest BCUT2D eigenvalue weighted by molar-refractivity contribution is -0.111. The summed E-state index contributed by atoms with van der Waals surface area (Å²) >= 11 is 0. The van der Waals surface area contributed by atoms with Gasteiger partial charge in [0.2, 0.25) is 11.8 Å². The van der Waals surface area contributed by atoms with Crippen molar-refractivity contribution in [1.29, 1.82) is 0 Å². The van der Waals surface area contributed by atoms with Crippen LogP contribution >= 0.6 is 0 Å². The molecule has 0 saturated heterocycles. The Kier molecular flexibility index (Phi) is 4.51. The van der Waals surface area contributed by atoms with Crippen LogP contribution in [-0.2, 0) is 4.79 Å². The van der Waals surface area contributed by atoms with Crippen molar-refractivity contribution in [2.24, 2.45) is 5.73 Å². The molecule has 3 N–H and O–H groups in total. The third-order valence-electron chi connectivity index (χ3n) is 2.91. The molecule has 0 aliphatic rings. The van der Waals surface area contributed by atoms with Crippen molar-refractivity contribution in [2.75, 3.05) is 5.32 Å². The first-order valence-electron chi connectivity index (χ1n) is 6.50. The van der Waals surface area contributed by atoms with Gasteiger partial charge in [-0.2, -0.15) is 0 Å². The SMILES string of the molecule is Cc1cccc(/C=C/C(=O)Nc2ccc(C(N)=O)cc2)c1. The molecule has 2 amide bonds. The second-order valence-corrected chi connectivity index (χ2v) is 4.68. The average molecular weight is 280 g/mol. The first-order chi connectivity index (χ1) is 10.0. The Labute approximate surface area is 123 Å². The molecule has 21 heavy (non-hydrogen) atoms. The molecule has 0 unspecified atom stereocenters. The number of amides is 2. The zero-order valence-electron chi connectivity index (χ0n) is 11.7. The Morgan fingerprint density at radius 3 is 2.43 bits per heavy atom. The predicted octanol–water partition coefficient (Wildman–Crippen LogP) is 2.75. The molecule has 0 heterocycles. The van der Waals surface area contributed by atoms with Crippen LogP contribution in [0.15, 0.2) is 54.6 Å². The number of hydrogen-bond acceptors (Lipinski definition) is 2. The van der Waals surface area contributed by atoms with Gasteiger partial charge >= 0.3 is 0 Å². The van der Waals surface area contributed by atoms with Crippen LogP contribution in [0.25, 0.3) is 6.08 Å². The van der Waals surface area contributed by atoms with E-state index in [1.807, 2.05) is 31.2 Å². The summed E-state index contributed by atoms with van der Waals surface area (Å²) in [6.07, 6.45) is 3.22. The van der Waals surface area contributed by atoms with E-state index in [0.717, 1.165) is 11.1 Å². The minimum absolute atomic E-state index is 0.233. The number of aryl methyl sites for hydroxylation is 1. The quantitative estimate of drug-likeness (QED) is 0.845. The number of anilines is 1. The fourth-order valence-electron chi connectivity index (χ4n) is 1.85. The lowest BCUT2D eigenvalue weighted by Gasteiger charge is -2.03. The van der Waals surface area contributed by atoms with E-state index in [2.05, 4.69) is 5.32 Å². The maximum atomic E-state index is 11.8. The van der Waals surface area contributed by atoms with Crippen molar-refractivity contribution >= 4 is 23.6 Å². The first kappa shape index (κ1) is 14.5.